The van der Waals surface area contributed by atoms with Crippen molar-refractivity contribution in [3.05, 3.63) is 17.7 Å². The first-order valence-corrected chi connectivity index (χ1v) is 4.99. The zero-order chi connectivity index (χ0) is 10.7. The van der Waals surface area contributed by atoms with Gasteiger partial charge in [-0.1, -0.05) is 0 Å². The first kappa shape index (κ1) is 10.2. The van der Waals surface area contributed by atoms with E-state index in [1.165, 1.54) is 13.3 Å². The fourth-order valence-electron chi connectivity index (χ4n) is 1.70. The van der Waals surface area contributed by atoms with E-state index in [-0.39, 0.29) is 5.97 Å². The molecule has 1 aliphatic rings. The molecule has 1 unspecified atom stereocenters. The molecule has 1 aromatic rings. The third-order valence-corrected chi connectivity index (χ3v) is 2.54. The van der Waals surface area contributed by atoms with Crippen LogP contribution >= 0.6 is 0 Å². The molecule has 15 heavy (non-hydrogen) atoms. The summed E-state index contributed by atoms with van der Waals surface area (Å²) in [5, 5.41) is 0. The van der Waals surface area contributed by atoms with E-state index in [0.717, 1.165) is 31.9 Å². The minimum atomic E-state index is -0.378. The van der Waals surface area contributed by atoms with Crippen LogP contribution in [0.3, 0.4) is 0 Å². The number of nitrogens with zero attached hydrogens (tertiary/aromatic N) is 1. The van der Waals surface area contributed by atoms with Gasteiger partial charge < -0.3 is 14.5 Å². The molecule has 1 fully saturated rings. The van der Waals surface area contributed by atoms with Crippen molar-refractivity contribution < 1.29 is 14.3 Å². The average molecular weight is 210 g/mol. The van der Waals surface area contributed by atoms with Gasteiger partial charge in [-0.15, -0.1) is 0 Å². The molecule has 0 radical (unpaired) electrons. The molecule has 1 N–H and O–H groups in total. The number of hydrogen-bond donors (Lipinski definition) is 1. The summed E-state index contributed by atoms with van der Waals surface area (Å²) in [6, 6.07) is 0. The fourth-order valence-corrected chi connectivity index (χ4v) is 1.70. The molecule has 0 bridgehead atoms. The first-order chi connectivity index (χ1) is 7.29. The zero-order valence-electron chi connectivity index (χ0n) is 8.66. The van der Waals surface area contributed by atoms with Crippen molar-refractivity contribution in [3.63, 3.8) is 0 Å². The molecule has 0 aliphatic carbocycles. The average Bonchev–Trinajstić information content (AvgIpc) is 2.88. The van der Waals surface area contributed by atoms with Gasteiger partial charge in [0.05, 0.1) is 13.3 Å². The van der Waals surface area contributed by atoms with Gasteiger partial charge in [0, 0.05) is 19.6 Å². The minimum absolute atomic E-state index is 0.378. The quantitative estimate of drug-likeness (QED) is 0.748. The van der Waals surface area contributed by atoms with Crippen LogP contribution in [-0.4, -0.2) is 36.3 Å². The molecule has 1 aliphatic heterocycles. The molecule has 1 atom stereocenters. The Balaban J connectivity index is 1.97. The lowest BCUT2D eigenvalue weighted by Gasteiger charge is -2.03. The van der Waals surface area contributed by atoms with Crippen molar-refractivity contribution in [2.45, 2.75) is 12.8 Å². The highest BCUT2D eigenvalue weighted by molar-refractivity contribution is 5.86. The molecule has 0 amide bonds. The van der Waals surface area contributed by atoms with Crippen LogP contribution in [0.2, 0.25) is 0 Å². The van der Waals surface area contributed by atoms with Crippen LogP contribution in [0.25, 0.3) is 0 Å². The normalized spacial score (nSPS) is 20.5. The summed E-state index contributed by atoms with van der Waals surface area (Å²) in [5.41, 5.74) is 0.409. The standard InChI is InChI=1S/C10H14N2O3/c1-14-10(13)8-5-11-9(12-8)4-7-2-3-15-6-7/h5,7H,2-4,6H2,1H3,(H,11,12). The number of aromatic nitrogens is 2. The van der Waals surface area contributed by atoms with Crippen molar-refractivity contribution in [1.29, 1.82) is 0 Å². The maximum absolute atomic E-state index is 11.1. The third-order valence-electron chi connectivity index (χ3n) is 2.54. The van der Waals surface area contributed by atoms with Gasteiger partial charge in [0.1, 0.15) is 11.5 Å². The first-order valence-electron chi connectivity index (χ1n) is 4.99. The largest absolute Gasteiger partial charge is 0.464 e. The number of rotatable bonds is 3. The SMILES string of the molecule is COC(=O)c1cnc(CC2CCOC2)[nH]1. The number of hydrogen-bond acceptors (Lipinski definition) is 4. The Morgan fingerprint density at radius 1 is 1.80 bits per heavy atom. The number of esters is 1. The van der Waals surface area contributed by atoms with Crippen LogP contribution < -0.4 is 0 Å². The highest BCUT2D eigenvalue weighted by Gasteiger charge is 2.18. The highest BCUT2D eigenvalue weighted by atomic mass is 16.5. The van der Waals surface area contributed by atoms with Crippen LogP contribution in [0.15, 0.2) is 6.20 Å². The summed E-state index contributed by atoms with van der Waals surface area (Å²) < 4.78 is 9.86. The molecular weight excluding hydrogens is 196 g/mol. The van der Waals surface area contributed by atoms with E-state index in [1.807, 2.05) is 0 Å². The lowest BCUT2D eigenvalue weighted by atomic mass is 10.1. The van der Waals surface area contributed by atoms with Gasteiger partial charge in [0.2, 0.25) is 0 Å². The Labute approximate surface area is 87.8 Å². The molecule has 1 saturated heterocycles. The molecule has 0 aromatic carbocycles. The van der Waals surface area contributed by atoms with Crippen LogP contribution in [0.1, 0.15) is 22.7 Å². The summed E-state index contributed by atoms with van der Waals surface area (Å²) >= 11 is 0. The van der Waals surface area contributed by atoms with E-state index in [4.69, 9.17) is 4.74 Å². The number of H-pyrrole nitrogens is 1. The Morgan fingerprint density at radius 3 is 3.33 bits per heavy atom. The Kier molecular flexibility index (Phi) is 3.01. The summed E-state index contributed by atoms with van der Waals surface area (Å²) in [6.07, 6.45) is 3.40. The lowest BCUT2D eigenvalue weighted by molar-refractivity contribution is 0.0594. The Morgan fingerprint density at radius 2 is 2.67 bits per heavy atom. The maximum atomic E-state index is 11.1. The fraction of sp³-hybridized carbons (Fsp3) is 0.600. The van der Waals surface area contributed by atoms with Gasteiger partial charge in [-0.2, -0.15) is 0 Å². The minimum Gasteiger partial charge on any atom is -0.464 e. The number of ether oxygens (including phenoxy) is 2. The summed E-state index contributed by atoms with van der Waals surface area (Å²) in [7, 11) is 1.35. The van der Waals surface area contributed by atoms with Gasteiger partial charge in [-0.25, -0.2) is 9.78 Å². The molecule has 0 spiro atoms. The molecule has 2 rings (SSSR count). The molecule has 82 valence electrons. The van der Waals surface area contributed by atoms with E-state index in [1.54, 1.807) is 0 Å². The molecule has 5 heteroatoms. The number of nitrogens with one attached hydrogen (secondary N) is 1. The van der Waals surface area contributed by atoms with E-state index >= 15 is 0 Å². The molecule has 0 saturated carbocycles. The molecule has 2 heterocycles. The van der Waals surface area contributed by atoms with Crippen molar-refractivity contribution in [3.8, 4) is 0 Å². The Bertz CT molecular complexity index is 342. The topological polar surface area (TPSA) is 64.2 Å². The molecular formula is C10H14N2O3. The summed E-state index contributed by atoms with van der Waals surface area (Å²) in [6.45, 7) is 1.61. The molecule has 1 aromatic heterocycles. The van der Waals surface area contributed by atoms with E-state index < -0.39 is 0 Å². The van der Waals surface area contributed by atoms with E-state index in [9.17, 15) is 4.79 Å². The number of aromatic amines is 1. The van der Waals surface area contributed by atoms with Gasteiger partial charge in [-0.3, -0.25) is 0 Å². The van der Waals surface area contributed by atoms with Crippen LogP contribution in [0, 0.1) is 5.92 Å². The van der Waals surface area contributed by atoms with Crippen molar-refractivity contribution in [1.82, 2.24) is 9.97 Å². The number of carbonyl (C=O) groups excluding carboxylic acids is 1. The van der Waals surface area contributed by atoms with Crippen molar-refractivity contribution in [2.24, 2.45) is 5.92 Å². The van der Waals surface area contributed by atoms with Gasteiger partial charge in [0.25, 0.3) is 0 Å². The predicted molar refractivity (Wildman–Crippen MR) is 52.6 cm³/mol. The van der Waals surface area contributed by atoms with Crippen LogP contribution in [-0.2, 0) is 15.9 Å². The van der Waals surface area contributed by atoms with Crippen molar-refractivity contribution >= 4 is 5.97 Å². The zero-order valence-corrected chi connectivity index (χ0v) is 8.66. The summed E-state index contributed by atoms with van der Waals surface area (Å²) in [4.78, 5) is 18.2. The van der Waals surface area contributed by atoms with Gasteiger partial charge in [0.15, 0.2) is 0 Å². The second kappa shape index (κ2) is 4.44. The monoisotopic (exact) mass is 210 g/mol. The number of carbonyl (C=O) groups is 1. The number of methoxy groups -OCH3 is 1. The van der Waals surface area contributed by atoms with E-state index in [2.05, 4.69) is 14.7 Å². The number of imidazole rings is 1. The highest BCUT2D eigenvalue weighted by Crippen LogP contribution is 2.16. The second-order valence-corrected chi connectivity index (χ2v) is 3.67. The smallest absolute Gasteiger partial charge is 0.356 e. The van der Waals surface area contributed by atoms with E-state index in [0.29, 0.717) is 11.6 Å². The molecule has 5 nitrogen and oxygen atoms in total. The lowest BCUT2D eigenvalue weighted by Crippen LogP contribution is -2.06. The van der Waals surface area contributed by atoms with Crippen LogP contribution in [0.4, 0.5) is 0 Å². The predicted octanol–water partition coefficient (Wildman–Crippen LogP) is 0.775. The van der Waals surface area contributed by atoms with Gasteiger partial charge >= 0.3 is 5.97 Å². The third kappa shape index (κ3) is 2.36. The van der Waals surface area contributed by atoms with Gasteiger partial charge in [-0.05, 0) is 12.3 Å². The Hall–Kier alpha value is -1.36. The second-order valence-electron chi connectivity index (χ2n) is 3.67. The summed E-state index contributed by atoms with van der Waals surface area (Å²) in [5.74, 6) is 0.962. The van der Waals surface area contributed by atoms with Crippen molar-refractivity contribution in [2.75, 3.05) is 20.3 Å². The van der Waals surface area contributed by atoms with Crippen LogP contribution in [0.5, 0.6) is 0 Å². The maximum Gasteiger partial charge on any atom is 0.356 e.